The third-order valence-corrected chi connectivity index (χ3v) is 7.60. The number of amides is 1. The first-order chi connectivity index (χ1) is 14.5. The van der Waals surface area contributed by atoms with Crippen molar-refractivity contribution in [2.45, 2.75) is 30.6 Å². The van der Waals surface area contributed by atoms with Gasteiger partial charge in [0.2, 0.25) is 10.0 Å². The van der Waals surface area contributed by atoms with E-state index in [-0.39, 0.29) is 5.91 Å². The zero-order chi connectivity index (χ0) is 21.1. The van der Waals surface area contributed by atoms with Crippen LogP contribution in [0.3, 0.4) is 0 Å². The highest BCUT2D eigenvalue weighted by Gasteiger charge is 2.29. The average Bonchev–Trinajstić information content (AvgIpc) is 3.21. The number of benzene rings is 2. The van der Waals surface area contributed by atoms with Crippen LogP contribution in [0.4, 0.5) is 5.69 Å². The number of para-hydroxylation sites is 1. The molecule has 2 aliphatic rings. The van der Waals surface area contributed by atoms with Crippen LogP contribution in [-0.4, -0.2) is 45.4 Å². The molecule has 1 amide bonds. The Morgan fingerprint density at radius 3 is 2.57 bits per heavy atom. The molecule has 2 aromatic carbocycles. The van der Waals surface area contributed by atoms with Crippen molar-refractivity contribution in [3.05, 3.63) is 59.7 Å². The van der Waals surface area contributed by atoms with Gasteiger partial charge in [0.05, 0.1) is 12.0 Å². The predicted molar refractivity (Wildman–Crippen MR) is 117 cm³/mol. The van der Waals surface area contributed by atoms with Crippen LogP contribution in [0.25, 0.3) is 6.08 Å². The maximum atomic E-state index is 12.9. The van der Waals surface area contributed by atoms with Gasteiger partial charge in [-0.3, -0.25) is 4.79 Å². The van der Waals surface area contributed by atoms with Gasteiger partial charge in [-0.05, 0) is 55.2 Å². The van der Waals surface area contributed by atoms with Crippen LogP contribution in [0.1, 0.15) is 30.4 Å². The summed E-state index contributed by atoms with van der Waals surface area (Å²) >= 11 is 0. The number of rotatable bonds is 5. The van der Waals surface area contributed by atoms with Gasteiger partial charge in [0.15, 0.2) is 0 Å². The second kappa shape index (κ2) is 8.62. The number of ether oxygens (including phenoxy) is 1. The molecular formula is C23H26N2O4S. The Bertz CT molecular complexity index is 1070. The molecule has 7 heteroatoms. The Labute approximate surface area is 177 Å². The van der Waals surface area contributed by atoms with E-state index in [0.29, 0.717) is 36.7 Å². The minimum atomic E-state index is -3.47. The summed E-state index contributed by atoms with van der Waals surface area (Å²) in [6.45, 7) is 1.70. The van der Waals surface area contributed by atoms with E-state index in [0.717, 1.165) is 36.1 Å². The molecule has 0 aromatic heterocycles. The summed E-state index contributed by atoms with van der Waals surface area (Å²) in [5.41, 5.74) is 2.50. The first kappa shape index (κ1) is 20.6. The van der Waals surface area contributed by atoms with Crippen LogP contribution in [0.15, 0.2) is 53.4 Å². The molecular weight excluding hydrogens is 400 g/mol. The van der Waals surface area contributed by atoms with Crippen molar-refractivity contribution < 1.29 is 17.9 Å². The number of nitrogens with zero attached hydrogens (tertiary/aromatic N) is 2. The summed E-state index contributed by atoms with van der Waals surface area (Å²) in [5, 5.41) is 0. The third-order valence-electron chi connectivity index (χ3n) is 5.71. The lowest BCUT2D eigenvalue weighted by molar-refractivity contribution is -0.114. The molecule has 0 radical (unpaired) electrons. The summed E-state index contributed by atoms with van der Waals surface area (Å²) in [6, 6.07) is 12.6. The lowest BCUT2D eigenvalue weighted by atomic mass is 10.1. The zero-order valence-electron chi connectivity index (χ0n) is 17.1. The van der Waals surface area contributed by atoms with Crippen molar-refractivity contribution >= 4 is 27.7 Å². The molecule has 158 valence electrons. The van der Waals surface area contributed by atoms with Gasteiger partial charge in [-0.25, -0.2) is 8.42 Å². The van der Waals surface area contributed by atoms with Crippen LogP contribution in [-0.2, 0) is 21.2 Å². The summed E-state index contributed by atoms with van der Waals surface area (Å²) in [5.74, 6) is 0.572. The number of anilines is 1. The zero-order valence-corrected chi connectivity index (χ0v) is 17.9. The number of methoxy groups -OCH3 is 1. The monoisotopic (exact) mass is 426 g/mol. The van der Waals surface area contributed by atoms with E-state index < -0.39 is 10.0 Å². The van der Waals surface area contributed by atoms with Gasteiger partial charge in [-0.2, -0.15) is 4.31 Å². The first-order valence-corrected chi connectivity index (χ1v) is 11.7. The fourth-order valence-corrected chi connectivity index (χ4v) is 5.65. The second-order valence-electron chi connectivity index (χ2n) is 7.57. The number of fused-ring (bicyclic) bond motifs is 1. The molecule has 0 aliphatic carbocycles. The first-order valence-electron chi connectivity index (χ1n) is 10.3. The lowest BCUT2D eigenvalue weighted by Gasteiger charge is -2.26. The highest BCUT2D eigenvalue weighted by molar-refractivity contribution is 7.89. The number of hydrogen-bond donors (Lipinski definition) is 0. The third kappa shape index (κ3) is 4.00. The topological polar surface area (TPSA) is 66.9 Å². The van der Waals surface area contributed by atoms with Crippen LogP contribution in [0, 0.1) is 0 Å². The molecule has 30 heavy (non-hydrogen) atoms. The van der Waals surface area contributed by atoms with Crippen molar-refractivity contribution in [2.75, 3.05) is 31.6 Å². The van der Waals surface area contributed by atoms with Crippen LogP contribution in [0.2, 0.25) is 0 Å². The fraction of sp³-hybridized carbons (Fsp3) is 0.348. The summed E-state index contributed by atoms with van der Waals surface area (Å²) in [7, 11) is -1.88. The van der Waals surface area contributed by atoms with Crippen molar-refractivity contribution in [3.8, 4) is 5.75 Å². The van der Waals surface area contributed by atoms with E-state index in [1.165, 1.54) is 6.08 Å². The van der Waals surface area contributed by atoms with E-state index in [9.17, 15) is 13.2 Å². The Balaban J connectivity index is 1.53. The molecule has 1 saturated heterocycles. The van der Waals surface area contributed by atoms with Crippen LogP contribution in [0.5, 0.6) is 5.75 Å². The Kier molecular flexibility index (Phi) is 5.92. The van der Waals surface area contributed by atoms with Gasteiger partial charge in [0.1, 0.15) is 5.75 Å². The average molecular weight is 427 g/mol. The van der Waals surface area contributed by atoms with Crippen molar-refractivity contribution in [1.82, 2.24) is 4.31 Å². The van der Waals surface area contributed by atoms with Gasteiger partial charge in [0, 0.05) is 37.0 Å². The number of carbonyl (C=O) groups excluding carboxylic acids is 1. The second-order valence-corrected chi connectivity index (χ2v) is 9.51. The van der Waals surface area contributed by atoms with Crippen LogP contribution >= 0.6 is 0 Å². The molecule has 2 aromatic rings. The quantitative estimate of drug-likeness (QED) is 0.687. The molecule has 0 bridgehead atoms. The number of hydrogen-bond acceptors (Lipinski definition) is 4. The molecule has 0 atom stereocenters. The molecule has 2 heterocycles. The Morgan fingerprint density at radius 1 is 1.03 bits per heavy atom. The highest BCUT2D eigenvalue weighted by Crippen LogP contribution is 2.32. The summed E-state index contributed by atoms with van der Waals surface area (Å²) < 4.78 is 32.8. The Hall–Kier alpha value is -2.64. The SMILES string of the molecule is COc1ccccc1/C=C/C(=O)N1CCc2cc(S(=O)(=O)N3CCCCC3)ccc21. The fourth-order valence-electron chi connectivity index (χ4n) is 4.08. The lowest BCUT2D eigenvalue weighted by Crippen LogP contribution is -2.35. The van der Waals surface area contributed by atoms with Gasteiger partial charge < -0.3 is 9.64 Å². The molecule has 0 saturated carbocycles. The predicted octanol–water partition coefficient (Wildman–Crippen LogP) is 3.47. The normalized spacial score (nSPS) is 17.3. The maximum Gasteiger partial charge on any atom is 0.251 e. The minimum absolute atomic E-state index is 0.133. The largest absolute Gasteiger partial charge is 0.496 e. The molecule has 0 N–H and O–H groups in total. The van der Waals surface area contributed by atoms with E-state index in [2.05, 4.69) is 0 Å². The van der Waals surface area contributed by atoms with E-state index in [1.807, 2.05) is 24.3 Å². The number of sulfonamides is 1. The van der Waals surface area contributed by atoms with Crippen molar-refractivity contribution in [3.63, 3.8) is 0 Å². The van der Waals surface area contributed by atoms with E-state index in [1.54, 1.807) is 40.6 Å². The van der Waals surface area contributed by atoms with Crippen molar-refractivity contribution in [1.29, 1.82) is 0 Å². The summed E-state index contributed by atoms with van der Waals surface area (Å²) in [4.78, 5) is 14.8. The van der Waals surface area contributed by atoms with Gasteiger partial charge in [-0.1, -0.05) is 24.6 Å². The summed E-state index contributed by atoms with van der Waals surface area (Å²) in [6.07, 6.45) is 6.82. The maximum absolute atomic E-state index is 12.9. The van der Waals surface area contributed by atoms with Gasteiger partial charge >= 0.3 is 0 Å². The highest BCUT2D eigenvalue weighted by atomic mass is 32.2. The van der Waals surface area contributed by atoms with E-state index >= 15 is 0 Å². The Morgan fingerprint density at radius 2 is 1.80 bits per heavy atom. The smallest absolute Gasteiger partial charge is 0.251 e. The minimum Gasteiger partial charge on any atom is -0.496 e. The van der Waals surface area contributed by atoms with Crippen molar-refractivity contribution in [2.24, 2.45) is 0 Å². The number of carbonyl (C=O) groups is 1. The van der Waals surface area contributed by atoms with Gasteiger partial charge in [-0.15, -0.1) is 0 Å². The number of piperidine rings is 1. The standard InChI is InChI=1S/C23H26N2O4S/c1-29-22-8-4-3-7-18(22)9-12-23(26)25-16-13-19-17-20(10-11-21(19)25)30(27,28)24-14-5-2-6-15-24/h3-4,7-12,17H,2,5-6,13-16H2,1H3/b12-9+. The molecule has 1 fully saturated rings. The van der Waals surface area contributed by atoms with E-state index in [4.69, 9.17) is 4.74 Å². The molecule has 0 spiro atoms. The van der Waals surface area contributed by atoms with Crippen LogP contribution < -0.4 is 9.64 Å². The molecule has 4 rings (SSSR count). The molecule has 0 unspecified atom stereocenters. The molecule has 6 nitrogen and oxygen atoms in total. The molecule has 2 aliphatic heterocycles. The van der Waals surface area contributed by atoms with Gasteiger partial charge in [0.25, 0.3) is 5.91 Å².